The van der Waals surface area contributed by atoms with Crippen molar-refractivity contribution in [1.82, 2.24) is 25.2 Å². The van der Waals surface area contributed by atoms with Gasteiger partial charge in [0.2, 0.25) is 5.89 Å². The number of carbonyl (C=O) groups is 1. The zero-order valence-electron chi connectivity index (χ0n) is 9.47. The maximum absolute atomic E-state index is 11.7. The van der Waals surface area contributed by atoms with Gasteiger partial charge >= 0.3 is 0 Å². The zero-order valence-corrected chi connectivity index (χ0v) is 9.47. The van der Waals surface area contributed by atoms with Gasteiger partial charge < -0.3 is 15.6 Å². The normalized spacial score (nSPS) is 10.5. The number of aryl methyl sites for hydroxylation is 2. The van der Waals surface area contributed by atoms with Gasteiger partial charge in [0, 0.05) is 20.2 Å². The van der Waals surface area contributed by atoms with E-state index < -0.39 is 0 Å². The number of rotatable bonds is 3. The molecule has 0 aliphatic rings. The van der Waals surface area contributed by atoms with Crippen molar-refractivity contribution >= 4 is 11.6 Å². The Morgan fingerprint density at radius 3 is 2.94 bits per heavy atom. The predicted octanol–water partition coefficient (Wildman–Crippen LogP) is -0.376. The number of amides is 1. The van der Waals surface area contributed by atoms with Gasteiger partial charge in [-0.3, -0.25) is 9.48 Å². The summed E-state index contributed by atoms with van der Waals surface area (Å²) >= 11 is 0. The van der Waals surface area contributed by atoms with Crippen molar-refractivity contribution in [3.05, 3.63) is 23.6 Å². The molecule has 2 aromatic rings. The summed E-state index contributed by atoms with van der Waals surface area (Å²) in [6, 6.07) is 0. The minimum Gasteiger partial charge on any atom is -0.396 e. The lowest BCUT2D eigenvalue weighted by Crippen LogP contribution is -2.24. The minimum atomic E-state index is -0.370. The highest BCUT2D eigenvalue weighted by Gasteiger charge is 2.14. The van der Waals surface area contributed by atoms with Crippen molar-refractivity contribution in [3.8, 4) is 0 Å². The molecule has 0 atom stereocenters. The maximum Gasteiger partial charge on any atom is 0.274 e. The predicted molar refractivity (Wildman–Crippen MR) is 57.8 cm³/mol. The van der Waals surface area contributed by atoms with E-state index >= 15 is 0 Å². The minimum absolute atomic E-state index is 0.173. The first-order chi connectivity index (χ1) is 8.06. The molecule has 0 saturated heterocycles. The summed E-state index contributed by atoms with van der Waals surface area (Å²) in [4.78, 5) is 15.7. The molecule has 0 radical (unpaired) electrons. The molecule has 2 heterocycles. The smallest absolute Gasteiger partial charge is 0.274 e. The van der Waals surface area contributed by atoms with E-state index in [4.69, 9.17) is 10.3 Å². The SMILES string of the molecule is Cc1nc(CNC(=O)c2nn(C)cc2N)no1. The molecule has 3 N–H and O–H groups in total. The fourth-order valence-electron chi connectivity index (χ4n) is 1.34. The second-order valence-electron chi connectivity index (χ2n) is 3.52. The van der Waals surface area contributed by atoms with Crippen LogP contribution in [-0.2, 0) is 13.6 Å². The number of aromatic nitrogens is 4. The molecule has 1 amide bonds. The van der Waals surface area contributed by atoms with Crippen LogP contribution in [0.25, 0.3) is 0 Å². The van der Waals surface area contributed by atoms with Gasteiger partial charge in [-0.1, -0.05) is 5.16 Å². The maximum atomic E-state index is 11.7. The zero-order chi connectivity index (χ0) is 12.4. The van der Waals surface area contributed by atoms with Crippen LogP contribution in [0.5, 0.6) is 0 Å². The van der Waals surface area contributed by atoms with E-state index in [0.717, 1.165) is 0 Å². The number of anilines is 1. The van der Waals surface area contributed by atoms with Gasteiger partial charge in [0.25, 0.3) is 5.91 Å². The van der Waals surface area contributed by atoms with Gasteiger partial charge in [-0.15, -0.1) is 0 Å². The molecular weight excluding hydrogens is 224 g/mol. The topological polar surface area (TPSA) is 112 Å². The molecule has 90 valence electrons. The molecule has 2 aromatic heterocycles. The molecule has 0 aliphatic heterocycles. The van der Waals surface area contributed by atoms with Crippen LogP contribution in [0.4, 0.5) is 5.69 Å². The van der Waals surface area contributed by atoms with E-state index in [2.05, 4.69) is 20.6 Å². The lowest BCUT2D eigenvalue weighted by Gasteiger charge is -1.99. The molecule has 17 heavy (non-hydrogen) atoms. The first kappa shape index (κ1) is 11.1. The highest BCUT2D eigenvalue weighted by atomic mass is 16.5. The van der Waals surface area contributed by atoms with E-state index in [1.807, 2.05) is 0 Å². The molecule has 8 nitrogen and oxygen atoms in total. The van der Waals surface area contributed by atoms with E-state index in [1.54, 1.807) is 20.2 Å². The molecule has 8 heteroatoms. The summed E-state index contributed by atoms with van der Waals surface area (Å²) in [6.45, 7) is 1.85. The monoisotopic (exact) mass is 236 g/mol. The summed E-state index contributed by atoms with van der Waals surface area (Å²) in [6.07, 6.45) is 1.56. The molecular formula is C9H12N6O2. The molecule has 0 aliphatic carbocycles. The van der Waals surface area contributed by atoms with Crippen molar-refractivity contribution in [2.24, 2.45) is 7.05 Å². The molecule has 2 rings (SSSR count). The van der Waals surface area contributed by atoms with Gasteiger partial charge in [0.15, 0.2) is 11.5 Å². The van der Waals surface area contributed by atoms with Crippen LogP contribution >= 0.6 is 0 Å². The summed E-state index contributed by atoms with van der Waals surface area (Å²) in [5, 5.41) is 10.2. The Kier molecular flexibility index (Phi) is 2.77. The Morgan fingerprint density at radius 2 is 2.41 bits per heavy atom. The molecule has 0 fully saturated rings. The van der Waals surface area contributed by atoms with Crippen LogP contribution in [0, 0.1) is 6.92 Å². The third kappa shape index (κ3) is 2.41. The molecule has 0 unspecified atom stereocenters. The van der Waals surface area contributed by atoms with E-state index in [1.165, 1.54) is 4.68 Å². The summed E-state index contributed by atoms with van der Waals surface area (Å²) in [5.74, 6) is 0.488. The summed E-state index contributed by atoms with van der Waals surface area (Å²) < 4.78 is 6.25. The van der Waals surface area contributed by atoms with Crippen molar-refractivity contribution in [1.29, 1.82) is 0 Å². The van der Waals surface area contributed by atoms with Gasteiger partial charge in [-0.2, -0.15) is 10.1 Å². The van der Waals surface area contributed by atoms with Crippen LogP contribution in [0.3, 0.4) is 0 Å². The van der Waals surface area contributed by atoms with Crippen molar-refractivity contribution < 1.29 is 9.32 Å². The van der Waals surface area contributed by atoms with Crippen LogP contribution in [0.2, 0.25) is 0 Å². The number of hydrogen-bond acceptors (Lipinski definition) is 6. The number of carbonyl (C=O) groups excluding carboxylic acids is 1. The van der Waals surface area contributed by atoms with E-state index in [9.17, 15) is 4.79 Å². The lowest BCUT2D eigenvalue weighted by molar-refractivity contribution is 0.0945. The Balaban J connectivity index is 2.00. The van der Waals surface area contributed by atoms with Crippen molar-refractivity contribution in [2.75, 3.05) is 5.73 Å². The van der Waals surface area contributed by atoms with Crippen LogP contribution in [0.1, 0.15) is 22.2 Å². The molecule has 0 spiro atoms. The summed E-state index contributed by atoms with van der Waals surface area (Å²) in [5.41, 5.74) is 6.14. The number of nitrogens with one attached hydrogen (secondary N) is 1. The molecule has 0 bridgehead atoms. The van der Waals surface area contributed by atoms with Crippen molar-refractivity contribution in [2.45, 2.75) is 13.5 Å². The Bertz CT molecular complexity index is 543. The first-order valence-corrected chi connectivity index (χ1v) is 4.93. The lowest BCUT2D eigenvalue weighted by atomic mass is 10.3. The Labute approximate surface area is 96.8 Å². The van der Waals surface area contributed by atoms with E-state index in [-0.39, 0.29) is 18.1 Å². The number of nitrogens with two attached hydrogens (primary N) is 1. The third-order valence-electron chi connectivity index (χ3n) is 2.05. The average molecular weight is 236 g/mol. The second-order valence-corrected chi connectivity index (χ2v) is 3.52. The van der Waals surface area contributed by atoms with Gasteiger partial charge in [-0.05, 0) is 0 Å². The molecule has 0 aromatic carbocycles. The Hall–Kier alpha value is -2.38. The highest BCUT2D eigenvalue weighted by molar-refractivity contribution is 5.96. The quantitative estimate of drug-likeness (QED) is 0.751. The molecule has 0 saturated carbocycles. The number of nitrogen functional groups attached to an aromatic ring is 1. The summed E-state index contributed by atoms with van der Waals surface area (Å²) in [7, 11) is 1.69. The van der Waals surface area contributed by atoms with Gasteiger partial charge in [-0.25, -0.2) is 0 Å². The fourth-order valence-corrected chi connectivity index (χ4v) is 1.34. The largest absolute Gasteiger partial charge is 0.396 e. The van der Waals surface area contributed by atoms with Crippen LogP contribution < -0.4 is 11.1 Å². The average Bonchev–Trinajstić information content (AvgIpc) is 2.81. The number of hydrogen-bond donors (Lipinski definition) is 2. The van der Waals surface area contributed by atoms with Crippen LogP contribution in [-0.4, -0.2) is 25.8 Å². The van der Waals surface area contributed by atoms with E-state index in [0.29, 0.717) is 17.4 Å². The Morgan fingerprint density at radius 1 is 1.65 bits per heavy atom. The number of nitrogens with zero attached hydrogens (tertiary/aromatic N) is 4. The van der Waals surface area contributed by atoms with Crippen LogP contribution in [0.15, 0.2) is 10.7 Å². The van der Waals surface area contributed by atoms with Gasteiger partial charge in [0.1, 0.15) is 0 Å². The fraction of sp³-hybridized carbons (Fsp3) is 0.333. The third-order valence-corrected chi connectivity index (χ3v) is 2.05. The second kappa shape index (κ2) is 4.24. The standard InChI is InChI=1S/C9H12N6O2/c1-5-12-7(14-17-5)3-11-9(16)8-6(10)4-15(2)13-8/h4H,3,10H2,1-2H3,(H,11,16). The first-order valence-electron chi connectivity index (χ1n) is 4.93. The van der Waals surface area contributed by atoms with Crippen molar-refractivity contribution in [3.63, 3.8) is 0 Å². The highest BCUT2D eigenvalue weighted by Crippen LogP contribution is 2.07. The van der Waals surface area contributed by atoms with Gasteiger partial charge in [0.05, 0.1) is 12.2 Å².